The lowest BCUT2D eigenvalue weighted by Crippen LogP contribution is -1.59. The summed E-state index contributed by atoms with van der Waals surface area (Å²) in [4.78, 5) is 13.1. The Morgan fingerprint density at radius 1 is 1.44 bits per heavy atom. The van der Waals surface area contributed by atoms with E-state index in [1.165, 1.54) is 6.08 Å². The summed E-state index contributed by atoms with van der Waals surface area (Å²) in [7, 11) is 0. The number of carbonyl (C=O) groups excluding carboxylic acids is 1. The topological polar surface area (TPSA) is 29.4 Å². The molecule has 1 aromatic carbocycles. The van der Waals surface area contributed by atoms with Crippen molar-refractivity contribution in [1.29, 1.82) is 0 Å². The summed E-state index contributed by atoms with van der Waals surface area (Å²) < 4.78 is 0. The maximum absolute atomic E-state index is 9.67. The van der Waals surface area contributed by atoms with Crippen LogP contribution in [0.4, 0.5) is 5.69 Å². The van der Waals surface area contributed by atoms with Crippen molar-refractivity contribution >= 4 is 11.8 Å². The molecule has 0 N–H and O–H groups in total. The second kappa shape index (κ2) is 2.80. The molecule has 0 heterocycles. The molecule has 0 aromatic heterocycles. The zero-order chi connectivity index (χ0) is 6.53. The van der Waals surface area contributed by atoms with Crippen molar-refractivity contribution in [2.24, 2.45) is 4.99 Å². The molecule has 0 unspecified atom stereocenters. The molecular formula is C7H4NO. The van der Waals surface area contributed by atoms with E-state index in [1.807, 2.05) is 0 Å². The van der Waals surface area contributed by atoms with Gasteiger partial charge in [-0.3, -0.25) is 0 Å². The van der Waals surface area contributed by atoms with Crippen LogP contribution in [0.25, 0.3) is 0 Å². The first-order chi connectivity index (χ1) is 4.43. The van der Waals surface area contributed by atoms with Gasteiger partial charge in [-0.15, -0.1) is 0 Å². The fourth-order valence-electron chi connectivity index (χ4n) is 0.505. The molecule has 1 radical (unpaired) electrons. The molecule has 0 bridgehead atoms. The van der Waals surface area contributed by atoms with Gasteiger partial charge < -0.3 is 0 Å². The van der Waals surface area contributed by atoms with Crippen LogP contribution >= 0.6 is 0 Å². The van der Waals surface area contributed by atoms with E-state index in [1.54, 1.807) is 24.3 Å². The van der Waals surface area contributed by atoms with Crippen LogP contribution in [0.1, 0.15) is 0 Å². The summed E-state index contributed by atoms with van der Waals surface area (Å²) in [6.07, 6.45) is 1.45. The fourth-order valence-corrected chi connectivity index (χ4v) is 0.505. The van der Waals surface area contributed by atoms with Crippen LogP contribution in [0, 0.1) is 6.07 Å². The SMILES string of the molecule is O=C=Nc1cc[c]cc1. The molecule has 0 amide bonds. The number of isocyanates is 1. The predicted octanol–water partition coefficient (Wildman–Crippen LogP) is 1.45. The third-order valence-corrected chi connectivity index (χ3v) is 0.875. The first kappa shape index (κ1) is 5.73. The zero-order valence-electron chi connectivity index (χ0n) is 4.66. The number of rotatable bonds is 1. The third-order valence-electron chi connectivity index (χ3n) is 0.875. The van der Waals surface area contributed by atoms with Gasteiger partial charge >= 0.3 is 0 Å². The summed E-state index contributed by atoms with van der Waals surface area (Å²) >= 11 is 0. The van der Waals surface area contributed by atoms with Crippen molar-refractivity contribution in [3.8, 4) is 0 Å². The van der Waals surface area contributed by atoms with Crippen LogP contribution in [0.15, 0.2) is 29.3 Å². The van der Waals surface area contributed by atoms with Crippen LogP contribution in [-0.2, 0) is 4.79 Å². The number of hydrogen-bond acceptors (Lipinski definition) is 2. The van der Waals surface area contributed by atoms with E-state index < -0.39 is 0 Å². The van der Waals surface area contributed by atoms with Gasteiger partial charge in [-0.1, -0.05) is 12.1 Å². The highest BCUT2D eigenvalue weighted by Crippen LogP contribution is 2.06. The Labute approximate surface area is 52.9 Å². The Hall–Kier alpha value is -1.40. The summed E-state index contributed by atoms with van der Waals surface area (Å²) in [6.45, 7) is 0. The monoisotopic (exact) mass is 118 g/mol. The lowest BCUT2D eigenvalue weighted by molar-refractivity contribution is 0.565. The molecule has 1 aromatic rings. The second-order valence-electron chi connectivity index (χ2n) is 1.46. The van der Waals surface area contributed by atoms with Gasteiger partial charge in [-0.2, -0.15) is 4.99 Å². The van der Waals surface area contributed by atoms with Crippen LogP contribution in [0.5, 0.6) is 0 Å². The second-order valence-corrected chi connectivity index (χ2v) is 1.46. The van der Waals surface area contributed by atoms with Gasteiger partial charge in [0.25, 0.3) is 0 Å². The van der Waals surface area contributed by atoms with Crippen molar-refractivity contribution in [3.63, 3.8) is 0 Å². The Morgan fingerprint density at radius 2 is 2.11 bits per heavy atom. The van der Waals surface area contributed by atoms with Gasteiger partial charge in [0.05, 0.1) is 5.69 Å². The fraction of sp³-hybridized carbons (Fsp3) is 0. The molecule has 9 heavy (non-hydrogen) atoms. The minimum absolute atomic E-state index is 0.615. The van der Waals surface area contributed by atoms with Gasteiger partial charge in [0, 0.05) is 0 Å². The van der Waals surface area contributed by atoms with Crippen molar-refractivity contribution in [2.45, 2.75) is 0 Å². The Bertz CT molecular complexity index is 224. The molecule has 0 atom stereocenters. The molecule has 0 aliphatic rings. The first-order valence-corrected chi connectivity index (χ1v) is 2.47. The van der Waals surface area contributed by atoms with E-state index >= 15 is 0 Å². The van der Waals surface area contributed by atoms with Crippen molar-refractivity contribution in [1.82, 2.24) is 0 Å². The maximum Gasteiger partial charge on any atom is 0.240 e. The quantitative estimate of drug-likeness (QED) is 0.405. The zero-order valence-corrected chi connectivity index (χ0v) is 4.66. The van der Waals surface area contributed by atoms with E-state index in [-0.39, 0.29) is 0 Å². The maximum atomic E-state index is 9.67. The lowest BCUT2D eigenvalue weighted by Gasteiger charge is -1.82. The van der Waals surface area contributed by atoms with Crippen LogP contribution < -0.4 is 0 Å². The van der Waals surface area contributed by atoms with Gasteiger partial charge in [0.15, 0.2) is 0 Å². The van der Waals surface area contributed by atoms with Crippen molar-refractivity contribution in [2.75, 3.05) is 0 Å². The molecule has 2 nitrogen and oxygen atoms in total. The summed E-state index contributed by atoms with van der Waals surface area (Å²) in [5.74, 6) is 0. The van der Waals surface area contributed by atoms with E-state index in [2.05, 4.69) is 11.1 Å². The average molecular weight is 118 g/mol. The van der Waals surface area contributed by atoms with Crippen LogP contribution in [0.2, 0.25) is 0 Å². The minimum atomic E-state index is 0.615. The van der Waals surface area contributed by atoms with Crippen molar-refractivity contribution < 1.29 is 4.79 Å². The minimum Gasteiger partial charge on any atom is -0.211 e. The molecule has 2 heteroatoms. The first-order valence-electron chi connectivity index (χ1n) is 2.47. The Kier molecular flexibility index (Phi) is 1.78. The molecule has 43 valence electrons. The number of nitrogens with zero attached hydrogens (tertiary/aromatic N) is 1. The van der Waals surface area contributed by atoms with Gasteiger partial charge in [-0.05, 0) is 18.2 Å². The normalized spacial score (nSPS) is 8.00. The molecule has 1 rings (SSSR count). The van der Waals surface area contributed by atoms with E-state index in [9.17, 15) is 4.79 Å². The molecule has 0 fully saturated rings. The summed E-state index contributed by atoms with van der Waals surface area (Å²) in [5.41, 5.74) is 0.615. The molecule has 0 saturated carbocycles. The smallest absolute Gasteiger partial charge is 0.211 e. The molecule has 0 aliphatic heterocycles. The van der Waals surface area contributed by atoms with E-state index in [4.69, 9.17) is 0 Å². The van der Waals surface area contributed by atoms with Crippen LogP contribution in [-0.4, -0.2) is 6.08 Å². The number of aliphatic imine (C=N–C) groups is 1. The van der Waals surface area contributed by atoms with E-state index in [0.29, 0.717) is 5.69 Å². The predicted molar refractivity (Wildman–Crippen MR) is 33.1 cm³/mol. The van der Waals surface area contributed by atoms with Crippen molar-refractivity contribution in [3.05, 3.63) is 30.3 Å². The van der Waals surface area contributed by atoms with E-state index in [0.717, 1.165) is 0 Å². The van der Waals surface area contributed by atoms with Gasteiger partial charge in [0.1, 0.15) is 0 Å². The summed E-state index contributed by atoms with van der Waals surface area (Å²) in [6, 6.07) is 9.55. The standard InChI is InChI=1S/C7H4NO/c9-6-8-7-4-2-1-3-5-7/h2-5H. The molecule has 0 aliphatic carbocycles. The lowest BCUT2D eigenvalue weighted by atomic mass is 10.3. The molecule has 0 spiro atoms. The van der Waals surface area contributed by atoms with Gasteiger partial charge in [0.2, 0.25) is 6.08 Å². The summed E-state index contributed by atoms with van der Waals surface area (Å²) in [5, 5.41) is 0. The Morgan fingerprint density at radius 3 is 2.67 bits per heavy atom. The van der Waals surface area contributed by atoms with Crippen LogP contribution in [0.3, 0.4) is 0 Å². The Balaban J connectivity index is 2.97. The highest BCUT2D eigenvalue weighted by molar-refractivity contribution is 5.47. The highest BCUT2D eigenvalue weighted by Gasteiger charge is 1.80. The highest BCUT2D eigenvalue weighted by atomic mass is 16.1. The third kappa shape index (κ3) is 1.52. The number of hydrogen-bond donors (Lipinski definition) is 0. The number of benzene rings is 1. The molecule has 0 saturated heterocycles. The molecular weight excluding hydrogens is 114 g/mol. The average Bonchev–Trinajstić information content (AvgIpc) is 1.91. The largest absolute Gasteiger partial charge is 0.240 e. The van der Waals surface area contributed by atoms with Gasteiger partial charge in [-0.25, -0.2) is 4.79 Å².